The maximum absolute atomic E-state index is 12.7. The molecular formula is C20H21N3O5. The summed E-state index contributed by atoms with van der Waals surface area (Å²) < 4.78 is 7.46. The van der Waals surface area contributed by atoms with Gasteiger partial charge in [0.15, 0.2) is 11.5 Å². The molecule has 0 fully saturated rings. The number of aromatic hydroxyl groups is 1. The van der Waals surface area contributed by atoms with Crippen LogP contribution in [0.5, 0.6) is 11.5 Å². The van der Waals surface area contributed by atoms with Gasteiger partial charge in [-0.3, -0.25) is 18.7 Å². The van der Waals surface area contributed by atoms with Crippen molar-refractivity contribution >= 4 is 16.8 Å². The van der Waals surface area contributed by atoms with E-state index in [0.717, 1.165) is 10.1 Å². The van der Waals surface area contributed by atoms with Crippen LogP contribution in [0.25, 0.3) is 10.9 Å². The molecule has 2 N–H and O–H groups in total. The number of nitrogens with zero attached hydrogens (tertiary/aromatic N) is 2. The number of ether oxygens (including phenoxy) is 1. The topological polar surface area (TPSA) is 103 Å². The van der Waals surface area contributed by atoms with Gasteiger partial charge in [0.05, 0.1) is 18.0 Å². The SMILES string of the molecule is CCn1c(=O)c2ccccc2n(CC(=O)NCc2ccc(O)c(OC)c2)c1=O. The Morgan fingerprint density at radius 1 is 1.14 bits per heavy atom. The first-order chi connectivity index (χ1) is 13.5. The average Bonchev–Trinajstić information content (AvgIpc) is 2.71. The van der Waals surface area contributed by atoms with Crippen LogP contribution in [0.4, 0.5) is 0 Å². The van der Waals surface area contributed by atoms with Crippen LogP contribution in [0.3, 0.4) is 0 Å². The van der Waals surface area contributed by atoms with Crippen LogP contribution in [-0.4, -0.2) is 27.3 Å². The molecule has 3 aromatic rings. The lowest BCUT2D eigenvalue weighted by atomic mass is 10.2. The van der Waals surface area contributed by atoms with Gasteiger partial charge < -0.3 is 15.2 Å². The smallest absolute Gasteiger partial charge is 0.331 e. The second-order valence-corrected chi connectivity index (χ2v) is 6.22. The van der Waals surface area contributed by atoms with Crippen LogP contribution in [0, 0.1) is 0 Å². The number of carbonyl (C=O) groups is 1. The third kappa shape index (κ3) is 3.62. The molecule has 8 heteroatoms. The standard InChI is InChI=1S/C20H21N3O5/c1-3-22-19(26)14-6-4-5-7-15(14)23(20(22)27)12-18(25)21-11-13-8-9-16(24)17(10-13)28-2/h4-10,24H,3,11-12H2,1-2H3,(H,21,25). The lowest BCUT2D eigenvalue weighted by molar-refractivity contribution is -0.121. The Morgan fingerprint density at radius 3 is 2.61 bits per heavy atom. The van der Waals surface area contributed by atoms with Crippen molar-refractivity contribution in [2.24, 2.45) is 0 Å². The summed E-state index contributed by atoms with van der Waals surface area (Å²) in [5.41, 5.74) is 0.269. The van der Waals surface area contributed by atoms with E-state index in [9.17, 15) is 19.5 Å². The van der Waals surface area contributed by atoms with E-state index in [-0.39, 0.29) is 36.9 Å². The molecule has 0 aliphatic carbocycles. The molecule has 1 amide bonds. The summed E-state index contributed by atoms with van der Waals surface area (Å²) in [6, 6.07) is 11.5. The van der Waals surface area contributed by atoms with Crippen LogP contribution >= 0.6 is 0 Å². The maximum atomic E-state index is 12.7. The molecule has 146 valence electrons. The van der Waals surface area contributed by atoms with Gasteiger partial charge in [-0.1, -0.05) is 18.2 Å². The molecule has 3 rings (SSSR count). The monoisotopic (exact) mass is 383 g/mol. The number of hydrogen-bond acceptors (Lipinski definition) is 5. The Hall–Kier alpha value is -3.55. The summed E-state index contributed by atoms with van der Waals surface area (Å²) in [5, 5.41) is 12.8. The largest absolute Gasteiger partial charge is 0.504 e. The summed E-state index contributed by atoms with van der Waals surface area (Å²) in [7, 11) is 1.44. The van der Waals surface area contributed by atoms with Gasteiger partial charge in [-0.2, -0.15) is 0 Å². The number of phenols is 1. The number of para-hydroxylation sites is 1. The Labute approximate surface area is 160 Å². The summed E-state index contributed by atoms with van der Waals surface area (Å²) in [6.45, 7) is 1.92. The normalized spacial score (nSPS) is 10.8. The minimum absolute atomic E-state index is 0.0115. The summed E-state index contributed by atoms with van der Waals surface area (Å²) in [6.07, 6.45) is 0. The van der Waals surface area contributed by atoms with Crippen molar-refractivity contribution in [3.63, 3.8) is 0 Å². The lowest BCUT2D eigenvalue weighted by Gasteiger charge is -2.13. The van der Waals surface area contributed by atoms with Crippen LogP contribution in [-0.2, 0) is 24.4 Å². The van der Waals surface area contributed by atoms with Gasteiger partial charge in [0.25, 0.3) is 5.56 Å². The first-order valence-corrected chi connectivity index (χ1v) is 8.81. The zero-order valence-electron chi connectivity index (χ0n) is 15.6. The van der Waals surface area contributed by atoms with Crippen LogP contribution in [0.1, 0.15) is 12.5 Å². The number of methoxy groups -OCH3 is 1. The minimum atomic E-state index is -0.521. The van der Waals surface area contributed by atoms with E-state index in [2.05, 4.69) is 5.32 Å². The van der Waals surface area contributed by atoms with E-state index in [4.69, 9.17) is 4.74 Å². The van der Waals surface area contributed by atoms with Gasteiger partial charge in [0, 0.05) is 13.1 Å². The highest BCUT2D eigenvalue weighted by Gasteiger charge is 2.14. The number of carbonyl (C=O) groups excluding carboxylic acids is 1. The van der Waals surface area contributed by atoms with Gasteiger partial charge in [-0.25, -0.2) is 4.79 Å². The second-order valence-electron chi connectivity index (χ2n) is 6.22. The molecule has 0 atom stereocenters. The van der Waals surface area contributed by atoms with E-state index < -0.39 is 5.69 Å². The van der Waals surface area contributed by atoms with Crippen molar-refractivity contribution in [1.82, 2.24) is 14.5 Å². The Morgan fingerprint density at radius 2 is 1.89 bits per heavy atom. The third-order valence-corrected chi connectivity index (χ3v) is 4.48. The number of rotatable bonds is 6. The van der Waals surface area contributed by atoms with E-state index >= 15 is 0 Å². The quantitative estimate of drug-likeness (QED) is 0.666. The molecule has 0 saturated carbocycles. The van der Waals surface area contributed by atoms with Gasteiger partial charge in [-0.05, 0) is 36.8 Å². The summed E-state index contributed by atoms with van der Waals surface area (Å²) in [4.78, 5) is 37.5. The van der Waals surface area contributed by atoms with Crippen molar-refractivity contribution < 1.29 is 14.6 Å². The number of benzene rings is 2. The number of fused-ring (bicyclic) bond motifs is 1. The molecule has 8 nitrogen and oxygen atoms in total. The number of aromatic nitrogens is 2. The number of phenolic OH excluding ortho intramolecular Hbond substituents is 1. The van der Waals surface area contributed by atoms with Crippen molar-refractivity contribution in [2.45, 2.75) is 26.6 Å². The van der Waals surface area contributed by atoms with E-state index in [1.807, 2.05) is 0 Å². The molecule has 1 heterocycles. The molecule has 2 aromatic carbocycles. The van der Waals surface area contributed by atoms with E-state index in [0.29, 0.717) is 16.7 Å². The van der Waals surface area contributed by atoms with Gasteiger partial charge in [0.1, 0.15) is 6.54 Å². The van der Waals surface area contributed by atoms with Crippen molar-refractivity contribution in [3.05, 3.63) is 68.9 Å². The third-order valence-electron chi connectivity index (χ3n) is 4.48. The highest BCUT2D eigenvalue weighted by atomic mass is 16.5. The molecule has 0 aliphatic rings. The fraction of sp³-hybridized carbons (Fsp3) is 0.250. The number of hydrogen-bond donors (Lipinski definition) is 2. The van der Waals surface area contributed by atoms with Crippen LogP contribution in [0.15, 0.2) is 52.1 Å². The van der Waals surface area contributed by atoms with Crippen molar-refractivity contribution in [2.75, 3.05) is 7.11 Å². The Balaban J connectivity index is 1.86. The molecule has 0 saturated heterocycles. The molecule has 0 unspecified atom stereocenters. The number of amides is 1. The molecule has 0 bridgehead atoms. The fourth-order valence-corrected chi connectivity index (χ4v) is 3.03. The first-order valence-electron chi connectivity index (χ1n) is 8.81. The van der Waals surface area contributed by atoms with Crippen molar-refractivity contribution in [3.8, 4) is 11.5 Å². The first kappa shape index (κ1) is 19.2. The predicted octanol–water partition coefficient (Wildman–Crippen LogP) is 1.21. The summed E-state index contributed by atoms with van der Waals surface area (Å²) in [5.74, 6) is -0.0537. The fourth-order valence-electron chi connectivity index (χ4n) is 3.03. The van der Waals surface area contributed by atoms with E-state index in [1.54, 1.807) is 43.3 Å². The van der Waals surface area contributed by atoms with Gasteiger partial charge in [0.2, 0.25) is 5.91 Å². The van der Waals surface area contributed by atoms with Gasteiger partial charge in [-0.15, -0.1) is 0 Å². The van der Waals surface area contributed by atoms with Crippen LogP contribution in [0.2, 0.25) is 0 Å². The lowest BCUT2D eigenvalue weighted by Crippen LogP contribution is -2.42. The zero-order chi connectivity index (χ0) is 20.3. The van der Waals surface area contributed by atoms with Crippen molar-refractivity contribution in [1.29, 1.82) is 0 Å². The highest BCUT2D eigenvalue weighted by molar-refractivity contribution is 5.81. The Kier molecular flexibility index (Phi) is 5.49. The molecule has 0 spiro atoms. The van der Waals surface area contributed by atoms with Crippen LogP contribution < -0.4 is 21.3 Å². The highest BCUT2D eigenvalue weighted by Crippen LogP contribution is 2.26. The minimum Gasteiger partial charge on any atom is -0.504 e. The Bertz CT molecular complexity index is 1150. The summed E-state index contributed by atoms with van der Waals surface area (Å²) >= 11 is 0. The maximum Gasteiger partial charge on any atom is 0.331 e. The molecular weight excluding hydrogens is 362 g/mol. The zero-order valence-corrected chi connectivity index (χ0v) is 15.6. The molecule has 28 heavy (non-hydrogen) atoms. The molecule has 1 aromatic heterocycles. The predicted molar refractivity (Wildman–Crippen MR) is 105 cm³/mol. The molecule has 0 aliphatic heterocycles. The average molecular weight is 383 g/mol. The number of nitrogens with one attached hydrogen (secondary N) is 1. The van der Waals surface area contributed by atoms with Gasteiger partial charge >= 0.3 is 5.69 Å². The molecule has 0 radical (unpaired) electrons. The van der Waals surface area contributed by atoms with E-state index in [1.165, 1.54) is 17.7 Å². The second kappa shape index (κ2) is 7.99.